The molecule has 4 rings (SSSR count). The number of hydrogen-bond acceptors (Lipinski definition) is 6. The maximum Gasteiger partial charge on any atom is 0.412 e. The molecule has 180 valence electrons. The fourth-order valence-corrected chi connectivity index (χ4v) is 4.82. The first-order chi connectivity index (χ1) is 16.9. The number of aromatic nitrogens is 1. The molecule has 1 aliphatic rings. The highest BCUT2D eigenvalue weighted by Gasteiger charge is 2.25. The third kappa shape index (κ3) is 6.09. The van der Waals surface area contributed by atoms with Crippen LogP contribution >= 0.6 is 11.5 Å². The minimum atomic E-state index is -0.544. The van der Waals surface area contributed by atoms with E-state index in [1.165, 1.54) is 22.7 Å². The van der Waals surface area contributed by atoms with Crippen molar-refractivity contribution in [1.82, 2.24) is 4.37 Å². The van der Waals surface area contributed by atoms with Crippen LogP contribution in [0.3, 0.4) is 0 Å². The number of nitrogens with zero attached hydrogens (tertiary/aromatic N) is 1. The highest BCUT2D eigenvalue weighted by Crippen LogP contribution is 2.28. The summed E-state index contributed by atoms with van der Waals surface area (Å²) in [5, 5.41) is 2.81. The maximum atomic E-state index is 12.5. The molecule has 0 radical (unpaired) electrons. The van der Waals surface area contributed by atoms with Crippen molar-refractivity contribution in [3.05, 3.63) is 81.4 Å². The summed E-state index contributed by atoms with van der Waals surface area (Å²) in [6.07, 6.45) is 1.39. The lowest BCUT2D eigenvalue weighted by Gasteiger charge is -2.23. The van der Waals surface area contributed by atoms with Crippen LogP contribution in [0.5, 0.6) is 0 Å². The van der Waals surface area contributed by atoms with Crippen LogP contribution in [-0.2, 0) is 27.1 Å². The van der Waals surface area contributed by atoms with E-state index in [-0.39, 0.29) is 18.0 Å². The maximum absolute atomic E-state index is 12.5. The van der Waals surface area contributed by atoms with Crippen LogP contribution in [0.1, 0.15) is 59.2 Å². The van der Waals surface area contributed by atoms with Crippen molar-refractivity contribution in [2.75, 3.05) is 11.9 Å². The molecule has 6 nitrogen and oxygen atoms in total. The number of esters is 1. The molecule has 1 aromatic heterocycles. The molecule has 2 aromatic carbocycles. The van der Waals surface area contributed by atoms with Gasteiger partial charge in [0.25, 0.3) is 0 Å². The SMILES string of the molecule is CCOC(=O)C1CCc2cc(C#Cc3snc(C)c3NC(=O)O[C@H](C)c3ccccc3)ccc2C1. The van der Waals surface area contributed by atoms with Gasteiger partial charge >= 0.3 is 12.1 Å². The lowest BCUT2D eigenvalue weighted by Crippen LogP contribution is -2.24. The molecule has 0 bridgehead atoms. The first kappa shape index (κ1) is 24.5. The van der Waals surface area contributed by atoms with Gasteiger partial charge in [-0.1, -0.05) is 42.3 Å². The quantitative estimate of drug-likeness (QED) is 0.361. The number of carbonyl (C=O) groups excluding carboxylic acids is 2. The second kappa shape index (κ2) is 11.2. The summed E-state index contributed by atoms with van der Waals surface area (Å²) in [5.74, 6) is 6.17. The molecule has 0 spiro atoms. The summed E-state index contributed by atoms with van der Waals surface area (Å²) in [6.45, 7) is 5.91. The van der Waals surface area contributed by atoms with Crippen LogP contribution in [0.2, 0.25) is 0 Å². The molecule has 0 aliphatic heterocycles. The van der Waals surface area contributed by atoms with E-state index in [0.717, 1.165) is 24.0 Å². The van der Waals surface area contributed by atoms with Crippen molar-refractivity contribution < 1.29 is 19.1 Å². The first-order valence-corrected chi connectivity index (χ1v) is 12.5. The predicted molar refractivity (Wildman–Crippen MR) is 136 cm³/mol. The first-order valence-electron chi connectivity index (χ1n) is 11.7. The van der Waals surface area contributed by atoms with E-state index in [1.54, 1.807) is 0 Å². The van der Waals surface area contributed by atoms with Crippen LogP contribution in [0.25, 0.3) is 0 Å². The summed E-state index contributed by atoms with van der Waals surface area (Å²) < 4.78 is 15.1. The van der Waals surface area contributed by atoms with Crippen molar-refractivity contribution >= 4 is 29.3 Å². The summed E-state index contributed by atoms with van der Waals surface area (Å²) in [7, 11) is 0. The number of carbonyl (C=O) groups is 2. The number of hydrogen-bond donors (Lipinski definition) is 1. The Morgan fingerprint density at radius 1 is 1.17 bits per heavy atom. The lowest BCUT2D eigenvalue weighted by atomic mass is 9.83. The van der Waals surface area contributed by atoms with Crippen LogP contribution < -0.4 is 5.32 Å². The third-order valence-electron chi connectivity index (χ3n) is 6.02. The molecule has 0 fully saturated rings. The number of anilines is 1. The highest BCUT2D eigenvalue weighted by molar-refractivity contribution is 7.07. The van der Waals surface area contributed by atoms with Gasteiger partial charge in [0, 0.05) is 5.56 Å². The molecule has 1 aliphatic carbocycles. The van der Waals surface area contributed by atoms with Crippen LogP contribution in [0.15, 0.2) is 48.5 Å². The molecule has 2 atom stereocenters. The van der Waals surface area contributed by atoms with Crippen molar-refractivity contribution in [2.45, 2.75) is 46.1 Å². The molecule has 0 saturated carbocycles. The molecule has 7 heteroatoms. The average Bonchev–Trinajstić information content (AvgIpc) is 3.21. The Morgan fingerprint density at radius 3 is 2.74 bits per heavy atom. The summed E-state index contributed by atoms with van der Waals surface area (Å²) in [4.78, 5) is 25.3. The lowest BCUT2D eigenvalue weighted by molar-refractivity contribution is -0.148. The molecular formula is C28H28N2O4S. The molecule has 1 heterocycles. The number of fused-ring (bicyclic) bond motifs is 1. The van der Waals surface area contributed by atoms with E-state index in [4.69, 9.17) is 9.47 Å². The number of ether oxygens (including phenoxy) is 2. The number of amides is 1. The number of benzene rings is 2. The molecule has 0 saturated heterocycles. The fourth-order valence-electron chi connectivity index (χ4n) is 4.11. The standard InChI is InChI=1S/C28H28N2O4S/c1-4-33-27(31)24-14-13-22-16-20(10-12-23(22)17-24)11-15-25-26(18(2)30-35-25)29-28(32)34-19(3)21-8-6-5-7-9-21/h5-10,12,16,19,24H,4,13-14,17H2,1-3H3,(H,29,32)/t19-,24?/m1/s1. The Labute approximate surface area is 209 Å². The van der Waals surface area contributed by atoms with Gasteiger partial charge in [0.05, 0.1) is 23.9 Å². The van der Waals surface area contributed by atoms with E-state index >= 15 is 0 Å². The highest BCUT2D eigenvalue weighted by atomic mass is 32.1. The fraction of sp³-hybridized carbons (Fsp3) is 0.321. The molecule has 1 N–H and O–H groups in total. The Bertz CT molecular complexity index is 1270. The summed E-state index contributed by atoms with van der Waals surface area (Å²) in [6, 6.07) is 15.7. The van der Waals surface area contributed by atoms with Gasteiger partial charge in [-0.25, -0.2) is 4.79 Å². The monoisotopic (exact) mass is 488 g/mol. The minimum Gasteiger partial charge on any atom is -0.466 e. The zero-order chi connectivity index (χ0) is 24.8. The second-order valence-electron chi connectivity index (χ2n) is 8.48. The Kier molecular flexibility index (Phi) is 7.84. The summed E-state index contributed by atoms with van der Waals surface area (Å²) >= 11 is 1.24. The van der Waals surface area contributed by atoms with Crippen molar-refractivity contribution in [3.8, 4) is 11.8 Å². The van der Waals surface area contributed by atoms with Crippen molar-refractivity contribution in [1.29, 1.82) is 0 Å². The van der Waals surface area contributed by atoms with E-state index in [1.807, 2.05) is 63.2 Å². The van der Waals surface area contributed by atoms with Gasteiger partial charge in [0.1, 0.15) is 11.0 Å². The smallest absolute Gasteiger partial charge is 0.412 e. The third-order valence-corrected chi connectivity index (χ3v) is 6.87. The number of nitrogens with one attached hydrogen (secondary N) is 1. The van der Waals surface area contributed by atoms with Gasteiger partial charge in [0.2, 0.25) is 0 Å². The van der Waals surface area contributed by atoms with Gasteiger partial charge < -0.3 is 9.47 Å². The summed E-state index contributed by atoms with van der Waals surface area (Å²) in [5.41, 5.74) is 5.46. The Morgan fingerprint density at radius 2 is 1.97 bits per heavy atom. The van der Waals surface area contributed by atoms with Gasteiger partial charge in [-0.3, -0.25) is 10.1 Å². The van der Waals surface area contributed by atoms with Gasteiger partial charge in [-0.15, -0.1) is 0 Å². The number of aryl methyl sites for hydroxylation is 2. The molecule has 35 heavy (non-hydrogen) atoms. The largest absolute Gasteiger partial charge is 0.466 e. The van der Waals surface area contributed by atoms with Crippen LogP contribution in [0, 0.1) is 24.7 Å². The Hall–Kier alpha value is -3.63. The zero-order valence-corrected chi connectivity index (χ0v) is 20.9. The average molecular weight is 489 g/mol. The number of rotatable bonds is 5. The topological polar surface area (TPSA) is 77.5 Å². The minimum absolute atomic E-state index is 0.0717. The van der Waals surface area contributed by atoms with Crippen molar-refractivity contribution in [2.24, 2.45) is 5.92 Å². The van der Waals surface area contributed by atoms with Crippen LogP contribution in [0.4, 0.5) is 10.5 Å². The Balaban J connectivity index is 1.44. The van der Waals surface area contributed by atoms with Gasteiger partial charge in [0.15, 0.2) is 0 Å². The van der Waals surface area contributed by atoms with E-state index in [9.17, 15) is 9.59 Å². The van der Waals surface area contributed by atoms with E-state index in [2.05, 4.69) is 27.6 Å². The van der Waals surface area contributed by atoms with Gasteiger partial charge in [-0.2, -0.15) is 4.37 Å². The molecule has 1 unspecified atom stereocenters. The van der Waals surface area contributed by atoms with Gasteiger partial charge in [-0.05, 0) is 86.3 Å². The molecule has 3 aromatic rings. The molecular weight excluding hydrogens is 460 g/mol. The van der Waals surface area contributed by atoms with E-state index < -0.39 is 6.09 Å². The van der Waals surface area contributed by atoms with Crippen LogP contribution in [-0.4, -0.2) is 23.0 Å². The second-order valence-corrected chi connectivity index (χ2v) is 9.25. The molecule has 1 amide bonds. The van der Waals surface area contributed by atoms with E-state index in [0.29, 0.717) is 29.3 Å². The van der Waals surface area contributed by atoms with Crippen molar-refractivity contribution in [3.63, 3.8) is 0 Å². The predicted octanol–water partition coefficient (Wildman–Crippen LogP) is 5.83. The zero-order valence-electron chi connectivity index (χ0n) is 20.1. The normalized spacial score (nSPS) is 15.2.